The SMILES string of the molecule is CC[C@@H]1CN(c2ccc(Cl)cc2)c2cc(CO/N=C(\C)N)ccc2N(C(C)=N)C1=N. The Morgan fingerprint density at radius 3 is 2.50 bits per heavy atom. The van der Waals surface area contributed by atoms with Gasteiger partial charge >= 0.3 is 0 Å². The zero-order valence-corrected chi connectivity index (χ0v) is 18.2. The van der Waals surface area contributed by atoms with Crippen LogP contribution in [0.15, 0.2) is 47.6 Å². The number of rotatable bonds is 5. The molecule has 1 aliphatic rings. The highest BCUT2D eigenvalue weighted by Gasteiger charge is 2.32. The van der Waals surface area contributed by atoms with Crippen LogP contribution >= 0.6 is 11.6 Å². The second-order valence-electron chi connectivity index (χ2n) is 7.33. The fourth-order valence-electron chi connectivity index (χ4n) is 3.54. The molecule has 4 N–H and O–H groups in total. The van der Waals surface area contributed by atoms with Gasteiger partial charge in [0.2, 0.25) is 0 Å². The van der Waals surface area contributed by atoms with Crippen LogP contribution in [0, 0.1) is 16.7 Å². The monoisotopic (exact) mass is 426 g/mol. The Kier molecular flexibility index (Phi) is 6.62. The molecule has 0 saturated heterocycles. The van der Waals surface area contributed by atoms with Crippen molar-refractivity contribution < 1.29 is 4.84 Å². The maximum Gasteiger partial charge on any atom is 0.142 e. The first-order valence-corrected chi connectivity index (χ1v) is 10.2. The van der Waals surface area contributed by atoms with Gasteiger partial charge in [-0.25, -0.2) is 0 Å². The van der Waals surface area contributed by atoms with Crippen LogP contribution in [0.1, 0.15) is 32.8 Å². The summed E-state index contributed by atoms with van der Waals surface area (Å²) < 4.78 is 0. The minimum atomic E-state index is -0.0300. The highest BCUT2D eigenvalue weighted by atomic mass is 35.5. The summed E-state index contributed by atoms with van der Waals surface area (Å²) in [4.78, 5) is 9.22. The van der Waals surface area contributed by atoms with Gasteiger partial charge in [-0.15, -0.1) is 0 Å². The molecule has 0 aliphatic carbocycles. The Balaban J connectivity index is 2.13. The van der Waals surface area contributed by atoms with E-state index in [0.717, 1.165) is 29.0 Å². The van der Waals surface area contributed by atoms with Crippen molar-refractivity contribution in [1.82, 2.24) is 0 Å². The Bertz CT molecular complexity index is 968. The first kappa shape index (κ1) is 21.6. The molecular weight excluding hydrogens is 400 g/mol. The van der Waals surface area contributed by atoms with Crippen molar-refractivity contribution >= 4 is 46.2 Å². The van der Waals surface area contributed by atoms with Crippen molar-refractivity contribution in [3.8, 4) is 0 Å². The van der Waals surface area contributed by atoms with E-state index < -0.39 is 0 Å². The van der Waals surface area contributed by atoms with Gasteiger partial charge in [0.25, 0.3) is 0 Å². The maximum atomic E-state index is 8.78. The van der Waals surface area contributed by atoms with Crippen LogP contribution in [0.2, 0.25) is 5.02 Å². The molecule has 2 aromatic rings. The van der Waals surface area contributed by atoms with Crippen LogP contribution in [0.25, 0.3) is 0 Å². The van der Waals surface area contributed by atoms with Crippen molar-refractivity contribution in [2.75, 3.05) is 16.3 Å². The lowest BCUT2D eigenvalue weighted by atomic mass is 10.0. The molecular formula is C22H27ClN6O. The lowest BCUT2D eigenvalue weighted by Crippen LogP contribution is -2.39. The van der Waals surface area contributed by atoms with Crippen molar-refractivity contribution in [3.63, 3.8) is 0 Å². The average molecular weight is 427 g/mol. The molecule has 0 amide bonds. The molecule has 0 aromatic heterocycles. The summed E-state index contributed by atoms with van der Waals surface area (Å²) in [6, 6.07) is 13.5. The van der Waals surface area contributed by atoms with E-state index in [2.05, 4.69) is 17.0 Å². The number of nitrogens with one attached hydrogen (secondary N) is 2. The number of oxime groups is 1. The van der Waals surface area contributed by atoms with Crippen molar-refractivity contribution in [2.45, 2.75) is 33.8 Å². The first-order chi connectivity index (χ1) is 14.3. The van der Waals surface area contributed by atoms with Crippen LogP contribution < -0.4 is 15.5 Å². The summed E-state index contributed by atoms with van der Waals surface area (Å²) in [6.45, 7) is 6.34. The molecule has 2 aromatic carbocycles. The van der Waals surface area contributed by atoms with Gasteiger partial charge in [0.1, 0.15) is 24.1 Å². The topological polar surface area (TPSA) is 102 Å². The van der Waals surface area contributed by atoms with Crippen LogP contribution in [0.4, 0.5) is 17.1 Å². The summed E-state index contributed by atoms with van der Waals surface area (Å²) in [5.41, 5.74) is 9.14. The molecule has 1 aliphatic heterocycles. The van der Waals surface area contributed by atoms with Crippen LogP contribution in [0.3, 0.4) is 0 Å². The van der Waals surface area contributed by atoms with E-state index in [-0.39, 0.29) is 12.5 Å². The molecule has 8 heteroatoms. The van der Waals surface area contributed by atoms with Crippen LogP contribution in [-0.4, -0.2) is 24.1 Å². The molecule has 1 atom stereocenters. The number of halogens is 1. The Labute approximate surface area is 182 Å². The van der Waals surface area contributed by atoms with E-state index in [4.69, 9.17) is 33.0 Å². The Hall–Kier alpha value is -3.06. The van der Waals surface area contributed by atoms with Gasteiger partial charge in [-0.2, -0.15) is 0 Å². The standard InChI is InChI=1S/C22H27ClN6O/c1-4-17-12-28(19-8-6-18(23)7-9-19)21-11-16(13-30-27-14(2)24)5-10-20(21)29(15(3)25)22(17)26/h5-11,17,25-26H,4,12-13H2,1-3H3,(H2,24,27)/t17-/m1/s1. The smallest absolute Gasteiger partial charge is 0.142 e. The molecule has 3 rings (SSSR count). The summed E-state index contributed by atoms with van der Waals surface area (Å²) in [5.74, 6) is 1.06. The molecule has 30 heavy (non-hydrogen) atoms. The molecule has 1 heterocycles. The first-order valence-electron chi connectivity index (χ1n) is 9.83. The quantitative estimate of drug-likeness (QED) is 0.351. The summed E-state index contributed by atoms with van der Waals surface area (Å²) >= 11 is 6.11. The van der Waals surface area contributed by atoms with Gasteiger partial charge in [0.15, 0.2) is 0 Å². The lowest BCUT2D eigenvalue weighted by molar-refractivity contribution is 0.130. The second kappa shape index (κ2) is 9.17. The lowest BCUT2D eigenvalue weighted by Gasteiger charge is -2.27. The number of nitrogens with zero attached hydrogens (tertiary/aromatic N) is 3. The van der Waals surface area contributed by atoms with Gasteiger partial charge < -0.3 is 15.5 Å². The van der Waals surface area contributed by atoms with Gasteiger partial charge in [-0.05, 0) is 62.2 Å². The molecule has 0 bridgehead atoms. The molecule has 0 radical (unpaired) electrons. The zero-order chi connectivity index (χ0) is 21.8. The average Bonchev–Trinajstić information content (AvgIpc) is 2.82. The number of nitrogens with two attached hydrogens (primary N) is 1. The predicted octanol–water partition coefficient (Wildman–Crippen LogP) is 5.11. The Morgan fingerprint density at radius 1 is 1.20 bits per heavy atom. The van der Waals surface area contributed by atoms with E-state index in [0.29, 0.717) is 29.1 Å². The minimum absolute atomic E-state index is 0.0300. The third-order valence-corrected chi connectivity index (χ3v) is 5.26. The highest BCUT2D eigenvalue weighted by molar-refractivity contribution is 6.30. The van der Waals surface area contributed by atoms with Gasteiger partial charge in [0, 0.05) is 23.2 Å². The van der Waals surface area contributed by atoms with Crippen LogP contribution in [0.5, 0.6) is 0 Å². The number of fused-ring (bicyclic) bond motifs is 1. The molecule has 0 saturated carbocycles. The van der Waals surface area contributed by atoms with Crippen molar-refractivity contribution in [3.05, 3.63) is 53.1 Å². The summed E-state index contributed by atoms with van der Waals surface area (Å²) in [6.07, 6.45) is 0.793. The van der Waals surface area contributed by atoms with E-state index in [9.17, 15) is 0 Å². The van der Waals surface area contributed by atoms with Crippen molar-refractivity contribution in [1.29, 1.82) is 10.8 Å². The third-order valence-electron chi connectivity index (χ3n) is 5.01. The third kappa shape index (κ3) is 4.57. The van der Waals surface area contributed by atoms with Crippen LogP contribution in [-0.2, 0) is 11.4 Å². The Morgan fingerprint density at radius 2 is 1.90 bits per heavy atom. The minimum Gasteiger partial charge on any atom is -0.390 e. The van der Waals surface area contributed by atoms with E-state index in [1.54, 1.807) is 18.7 Å². The number of amidine groups is 3. The van der Waals surface area contributed by atoms with Crippen molar-refractivity contribution in [2.24, 2.45) is 16.8 Å². The van der Waals surface area contributed by atoms with E-state index in [1.807, 2.05) is 42.5 Å². The molecule has 0 fully saturated rings. The fraction of sp³-hybridized carbons (Fsp3) is 0.318. The number of hydrogen-bond acceptors (Lipinski definition) is 5. The molecule has 7 nitrogen and oxygen atoms in total. The number of hydrogen-bond donors (Lipinski definition) is 3. The van der Waals surface area contributed by atoms with Gasteiger partial charge in [-0.1, -0.05) is 29.7 Å². The highest BCUT2D eigenvalue weighted by Crippen LogP contribution is 2.40. The zero-order valence-electron chi connectivity index (χ0n) is 17.4. The molecule has 0 spiro atoms. The van der Waals surface area contributed by atoms with Gasteiger partial charge in [0.05, 0.1) is 11.4 Å². The fourth-order valence-corrected chi connectivity index (χ4v) is 3.67. The van der Waals surface area contributed by atoms with E-state index in [1.165, 1.54) is 0 Å². The number of anilines is 3. The second-order valence-corrected chi connectivity index (χ2v) is 7.76. The summed E-state index contributed by atoms with van der Waals surface area (Å²) in [5, 5.41) is 21.6. The molecule has 0 unspecified atom stereocenters. The maximum absolute atomic E-state index is 8.78. The normalized spacial score (nSPS) is 16.9. The summed E-state index contributed by atoms with van der Waals surface area (Å²) in [7, 11) is 0. The largest absolute Gasteiger partial charge is 0.390 e. The number of benzene rings is 2. The van der Waals surface area contributed by atoms with E-state index >= 15 is 0 Å². The van der Waals surface area contributed by atoms with Gasteiger partial charge in [-0.3, -0.25) is 15.7 Å². The predicted molar refractivity (Wildman–Crippen MR) is 124 cm³/mol. The molecule has 158 valence electrons.